The Labute approximate surface area is 77.7 Å². The standard InChI is InChI=1S/C8H15N3O2/c1-2-8(13)10-3-5-11(6-4-10)9-7-12/h7H,2-6H2,1H3,(H,9,12). The van der Waals surface area contributed by atoms with Gasteiger partial charge in [0.1, 0.15) is 0 Å². The minimum Gasteiger partial charge on any atom is -0.340 e. The summed E-state index contributed by atoms with van der Waals surface area (Å²) in [6.07, 6.45) is 1.22. The van der Waals surface area contributed by atoms with E-state index in [1.54, 1.807) is 0 Å². The average Bonchev–Trinajstić information content (AvgIpc) is 2.18. The number of carbonyl (C=O) groups excluding carboxylic acids is 2. The first kappa shape index (κ1) is 9.98. The van der Waals surface area contributed by atoms with Gasteiger partial charge in [-0.2, -0.15) is 0 Å². The number of carbonyl (C=O) groups is 2. The van der Waals surface area contributed by atoms with Crippen LogP contribution in [0.5, 0.6) is 0 Å². The molecular weight excluding hydrogens is 170 g/mol. The Morgan fingerprint density at radius 1 is 1.38 bits per heavy atom. The number of hydrogen-bond donors (Lipinski definition) is 1. The fourth-order valence-electron chi connectivity index (χ4n) is 1.38. The van der Waals surface area contributed by atoms with Crippen molar-refractivity contribution >= 4 is 12.3 Å². The molecule has 74 valence electrons. The molecule has 1 saturated heterocycles. The minimum atomic E-state index is 0.186. The number of nitrogens with one attached hydrogen (secondary N) is 1. The summed E-state index contributed by atoms with van der Waals surface area (Å²) in [4.78, 5) is 23.2. The highest BCUT2D eigenvalue weighted by molar-refractivity contribution is 5.75. The van der Waals surface area contributed by atoms with Crippen LogP contribution in [0.25, 0.3) is 0 Å². The quantitative estimate of drug-likeness (QED) is 0.586. The SMILES string of the molecule is CCC(=O)N1CCN(NC=O)CC1. The molecule has 1 heterocycles. The molecule has 0 aromatic carbocycles. The van der Waals surface area contributed by atoms with E-state index in [1.807, 2.05) is 16.8 Å². The summed E-state index contributed by atoms with van der Waals surface area (Å²) < 4.78 is 0. The molecule has 1 aliphatic heterocycles. The molecule has 1 aliphatic rings. The van der Waals surface area contributed by atoms with Crippen LogP contribution in [-0.4, -0.2) is 48.4 Å². The fourth-order valence-corrected chi connectivity index (χ4v) is 1.38. The van der Waals surface area contributed by atoms with Crippen molar-refractivity contribution in [1.29, 1.82) is 0 Å². The molecule has 2 amide bonds. The Morgan fingerprint density at radius 2 is 2.00 bits per heavy atom. The Balaban J connectivity index is 2.30. The second-order valence-corrected chi connectivity index (χ2v) is 2.97. The smallest absolute Gasteiger partial charge is 0.222 e. The lowest BCUT2D eigenvalue weighted by molar-refractivity contribution is -0.133. The zero-order valence-corrected chi connectivity index (χ0v) is 7.82. The zero-order chi connectivity index (χ0) is 9.68. The van der Waals surface area contributed by atoms with Gasteiger partial charge in [-0.1, -0.05) is 6.92 Å². The molecule has 0 aromatic rings. The third kappa shape index (κ3) is 2.69. The van der Waals surface area contributed by atoms with E-state index in [2.05, 4.69) is 5.43 Å². The molecule has 0 atom stereocenters. The van der Waals surface area contributed by atoms with Crippen molar-refractivity contribution in [3.8, 4) is 0 Å². The molecule has 1 rings (SSSR count). The monoisotopic (exact) mass is 185 g/mol. The van der Waals surface area contributed by atoms with Crippen molar-refractivity contribution in [1.82, 2.24) is 15.3 Å². The summed E-state index contributed by atoms with van der Waals surface area (Å²) in [7, 11) is 0. The van der Waals surface area contributed by atoms with Gasteiger partial charge in [0, 0.05) is 32.6 Å². The summed E-state index contributed by atoms with van der Waals surface area (Å²) in [6, 6.07) is 0. The molecule has 0 bridgehead atoms. The van der Waals surface area contributed by atoms with Crippen LogP contribution in [0.4, 0.5) is 0 Å². The maximum atomic E-state index is 11.2. The molecule has 1 N–H and O–H groups in total. The summed E-state index contributed by atoms with van der Waals surface area (Å²) in [5.74, 6) is 0.186. The Morgan fingerprint density at radius 3 is 2.46 bits per heavy atom. The van der Waals surface area contributed by atoms with Crippen LogP contribution < -0.4 is 5.43 Å². The summed E-state index contributed by atoms with van der Waals surface area (Å²) in [5.41, 5.74) is 2.58. The number of rotatable bonds is 3. The van der Waals surface area contributed by atoms with Crippen LogP contribution >= 0.6 is 0 Å². The minimum absolute atomic E-state index is 0.186. The van der Waals surface area contributed by atoms with Gasteiger partial charge in [-0.15, -0.1) is 0 Å². The van der Waals surface area contributed by atoms with E-state index >= 15 is 0 Å². The Bertz CT molecular complexity index is 188. The van der Waals surface area contributed by atoms with Gasteiger partial charge in [-0.3, -0.25) is 15.0 Å². The Hall–Kier alpha value is -1.10. The predicted molar refractivity (Wildman–Crippen MR) is 47.6 cm³/mol. The molecule has 5 nitrogen and oxygen atoms in total. The Kier molecular flexibility index (Phi) is 3.70. The van der Waals surface area contributed by atoms with Crippen molar-refractivity contribution < 1.29 is 9.59 Å². The van der Waals surface area contributed by atoms with Crippen molar-refractivity contribution in [2.24, 2.45) is 0 Å². The van der Waals surface area contributed by atoms with Gasteiger partial charge >= 0.3 is 0 Å². The largest absolute Gasteiger partial charge is 0.340 e. The zero-order valence-electron chi connectivity index (χ0n) is 7.82. The maximum Gasteiger partial charge on any atom is 0.222 e. The van der Waals surface area contributed by atoms with Crippen LogP contribution in [-0.2, 0) is 9.59 Å². The number of nitrogens with zero attached hydrogens (tertiary/aromatic N) is 2. The lowest BCUT2D eigenvalue weighted by atomic mass is 10.3. The van der Waals surface area contributed by atoms with E-state index in [4.69, 9.17) is 0 Å². The molecule has 1 fully saturated rings. The topological polar surface area (TPSA) is 52.7 Å². The van der Waals surface area contributed by atoms with Gasteiger partial charge in [-0.25, -0.2) is 5.01 Å². The highest BCUT2D eigenvalue weighted by Gasteiger charge is 2.18. The summed E-state index contributed by atoms with van der Waals surface area (Å²) in [6.45, 7) is 4.69. The van der Waals surface area contributed by atoms with E-state index in [-0.39, 0.29) is 5.91 Å². The third-order valence-corrected chi connectivity index (χ3v) is 2.17. The van der Waals surface area contributed by atoms with E-state index in [0.29, 0.717) is 39.0 Å². The molecule has 0 radical (unpaired) electrons. The molecule has 0 unspecified atom stereocenters. The second-order valence-electron chi connectivity index (χ2n) is 2.97. The van der Waals surface area contributed by atoms with Gasteiger partial charge in [0.25, 0.3) is 0 Å². The number of hydrogen-bond acceptors (Lipinski definition) is 3. The van der Waals surface area contributed by atoms with Crippen LogP contribution in [0.1, 0.15) is 13.3 Å². The van der Waals surface area contributed by atoms with Crippen molar-refractivity contribution in [3.63, 3.8) is 0 Å². The lowest BCUT2D eigenvalue weighted by Gasteiger charge is -2.33. The van der Waals surface area contributed by atoms with E-state index < -0.39 is 0 Å². The molecule has 0 saturated carbocycles. The van der Waals surface area contributed by atoms with Gasteiger partial charge < -0.3 is 4.90 Å². The molecule has 0 aromatic heterocycles. The number of amides is 2. The molecular formula is C8H15N3O2. The molecule has 5 heteroatoms. The normalized spacial score (nSPS) is 18.4. The molecule has 13 heavy (non-hydrogen) atoms. The van der Waals surface area contributed by atoms with Crippen LogP contribution in [0, 0.1) is 0 Å². The first-order chi connectivity index (χ1) is 6.27. The predicted octanol–water partition coefficient (Wildman–Crippen LogP) is -0.798. The summed E-state index contributed by atoms with van der Waals surface area (Å²) >= 11 is 0. The number of piperazine rings is 1. The van der Waals surface area contributed by atoms with Crippen molar-refractivity contribution in [2.75, 3.05) is 26.2 Å². The lowest BCUT2D eigenvalue weighted by Crippen LogP contribution is -2.52. The van der Waals surface area contributed by atoms with Gasteiger partial charge in [-0.05, 0) is 0 Å². The van der Waals surface area contributed by atoms with Gasteiger partial charge in [0.05, 0.1) is 0 Å². The van der Waals surface area contributed by atoms with Gasteiger partial charge in [0.15, 0.2) is 0 Å². The number of hydrazine groups is 1. The summed E-state index contributed by atoms with van der Waals surface area (Å²) in [5, 5.41) is 1.81. The first-order valence-electron chi connectivity index (χ1n) is 4.50. The van der Waals surface area contributed by atoms with Crippen molar-refractivity contribution in [2.45, 2.75) is 13.3 Å². The van der Waals surface area contributed by atoms with Crippen LogP contribution in [0.3, 0.4) is 0 Å². The molecule has 0 spiro atoms. The second kappa shape index (κ2) is 4.81. The van der Waals surface area contributed by atoms with E-state index in [0.717, 1.165) is 0 Å². The fraction of sp³-hybridized carbons (Fsp3) is 0.750. The third-order valence-electron chi connectivity index (χ3n) is 2.17. The van der Waals surface area contributed by atoms with Crippen LogP contribution in [0.2, 0.25) is 0 Å². The average molecular weight is 185 g/mol. The maximum absolute atomic E-state index is 11.2. The first-order valence-corrected chi connectivity index (χ1v) is 4.50. The van der Waals surface area contributed by atoms with E-state index in [9.17, 15) is 9.59 Å². The highest BCUT2D eigenvalue weighted by atomic mass is 16.2. The van der Waals surface area contributed by atoms with E-state index in [1.165, 1.54) is 0 Å². The van der Waals surface area contributed by atoms with Crippen LogP contribution in [0.15, 0.2) is 0 Å². The highest BCUT2D eigenvalue weighted by Crippen LogP contribution is 2.00. The van der Waals surface area contributed by atoms with Crippen molar-refractivity contribution in [3.05, 3.63) is 0 Å². The van der Waals surface area contributed by atoms with Gasteiger partial charge in [0.2, 0.25) is 12.3 Å². The molecule has 0 aliphatic carbocycles.